The van der Waals surface area contributed by atoms with Crippen LogP contribution in [0.4, 0.5) is 9.80 Å². The zero-order valence-corrected chi connectivity index (χ0v) is 25.8. The van der Waals surface area contributed by atoms with Crippen LogP contribution in [0.15, 0.2) is 47.4 Å². The average molecular weight is 632 g/mol. The summed E-state index contributed by atoms with van der Waals surface area (Å²) >= 11 is 2.08. The molecule has 3 aromatic rings. The van der Waals surface area contributed by atoms with Crippen molar-refractivity contribution in [1.82, 2.24) is 4.90 Å². The summed E-state index contributed by atoms with van der Waals surface area (Å²) in [5.74, 6) is -0.824. The second kappa shape index (κ2) is 13.8. The molecule has 0 bridgehead atoms. The number of anilines is 1. The maximum Gasteiger partial charge on any atom is 0.341 e. The third kappa shape index (κ3) is 6.64. The van der Waals surface area contributed by atoms with E-state index in [4.69, 9.17) is 14.2 Å². The highest BCUT2D eigenvalue weighted by Gasteiger charge is 2.37. The fourth-order valence-electron chi connectivity index (χ4n) is 4.97. The van der Waals surface area contributed by atoms with E-state index in [9.17, 15) is 24.4 Å². The minimum atomic E-state index is -0.598. The molecule has 5 rings (SSSR count). The summed E-state index contributed by atoms with van der Waals surface area (Å²) in [6.07, 6.45) is 5.06. The number of hydrogen-bond donors (Lipinski definition) is 1. The van der Waals surface area contributed by atoms with E-state index in [-0.39, 0.29) is 18.1 Å². The van der Waals surface area contributed by atoms with Gasteiger partial charge in [0.2, 0.25) is 5.91 Å². The lowest BCUT2D eigenvalue weighted by atomic mass is 9.95. The molecule has 1 aliphatic heterocycles. The van der Waals surface area contributed by atoms with Crippen LogP contribution in [0.3, 0.4) is 0 Å². The van der Waals surface area contributed by atoms with Crippen molar-refractivity contribution >= 4 is 57.2 Å². The number of aryl methyl sites for hydroxylation is 1. The second-order valence-electron chi connectivity index (χ2n) is 9.92. The van der Waals surface area contributed by atoms with Gasteiger partial charge in [0.05, 0.1) is 35.8 Å². The first kappa shape index (κ1) is 30.8. The minimum Gasteiger partial charge on any atom is -0.493 e. The zero-order valence-electron chi connectivity index (χ0n) is 24.1. The number of carbonyl (C=O) groups is 4. The van der Waals surface area contributed by atoms with Gasteiger partial charge in [0.25, 0.3) is 11.1 Å². The van der Waals surface area contributed by atoms with Crippen LogP contribution in [-0.4, -0.2) is 48.2 Å². The predicted molar refractivity (Wildman–Crippen MR) is 167 cm³/mol. The van der Waals surface area contributed by atoms with Gasteiger partial charge in [-0.25, -0.2) is 4.79 Å². The van der Waals surface area contributed by atoms with Crippen molar-refractivity contribution in [2.75, 3.05) is 25.6 Å². The zero-order chi connectivity index (χ0) is 31.2. The van der Waals surface area contributed by atoms with Crippen molar-refractivity contribution in [3.8, 4) is 17.6 Å². The summed E-state index contributed by atoms with van der Waals surface area (Å²) < 4.78 is 16.6. The summed E-state index contributed by atoms with van der Waals surface area (Å²) in [5.41, 5.74) is 3.11. The summed E-state index contributed by atoms with van der Waals surface area (Å²) in [6.45, 7) is 1.60. The Labute approximate surface area is 262 Å². The molecular formula is C32H29N3O7S2. The molecule has 1 N–H and O–H groups in total. The molecule has 44 heavy (non-hydrogen) atoms. The summed E-state index contributed by atoms with van der Waals surface area (Å²) in [6, 6.07) is 14.3. The second-order valence-corrected chi connectivity index (χ2v) is 12.0. The number of imide groups is 1. The van der Waals surface area contributed by atoms with Crippen molar-refractivity contribution in [3.05, 3.63) is 80.1 Å². The monoisotopic (exact) mass is 631 g/mol. The average Bonchev–Trinajstić information content (AvgIpc) is 3.52. The van der Waals surface area contributed by atoms with Crippen molar-refractivity contribution in [2.24, 2.45) is 0 Å². The Kier molecular flexibility index (Phi) is 9.67. The Morgan fingerprint density at radius 3 is 2.68 bits per heavy atom. The fourth-order valence-corrected chi connectivity index (χ4v) is 7.11. The number of fused-ring (bicyclic) bond motifs is 1. The van der Waals surface area contributed by atoms with Crippen molar-refractivity contribution in [3.63, 3.8) is 0 Å². The molecular weight excluding hydrogens is 603 g/mol. The lowest BCUT2D eigenvalue weighted by Gasteiger charge is -2.13. The maximum absolute atomic E-state index is 13.2. The number of methoxy groups -OCH3 is 1. The molecule has 2 aliphatic rings. The summed E-state index contributed by atoms with van der Waals surface area (Å²) in [7, 11) is 1.49. The molecule has 1 saturated heterocycles. The molecule has 3 amide bonds. The van der Waals surface area contributed by atoms with Gasteiger partial charge in [0.1, 0.15) is 18.2 Å². The van der Waals surface area contributed by atoms with Crippen LogP contribution in [0.5, 0.6) is 11.5 Å². The van der Waals surface area contributed by atoms with Crippen molar-refractivity contribution in [2.45, 2.75) is 39.2 Å². The van der Waals surface area contributed by atoms with Gasteiger partial charge in [0, 0.05) is 10.4 Å². The van der Waals surface area contributed by atoms with Crippen molar-refractivity contribution in [1.29, 1.82) is 5.26 Å². The first-order valence-electron chi connectivity index (χ1n) is 14.0. The number of nitrogens with one attached hydrogen (secondary N) is 1. The number of thiophene rings is 1. The number of thioether (sulfide) groups is 1. The smallest absolute Gasteiger partial charge is 0.341 e. The van der Waals surface area contributed by atoms with Gasteiger partial charge in [-0.3, -0.25) is 19.3 Å². The first-order chi connectivity index (χ1) is 21.3. The van der Waals surface area contributed by atoms with Crippen molar-refractivity contribution < 1.29 is 33.4 Å². The Morgan fingerprint density at radius 1 is 1.11 bits per heavy atom. The van der Waals surface area contributed by atoms with Crippen LogP contribution in [0.2, 0.25) is 0 Å². The molecule has 0 spiro atoms. The third-order valence-electron chi connectivity index (χ3n) is 7.09. The van der Waals surface area contributed by atoms with E-state index in [1.54, 1.807) is 43.3 Å². The van der Waals surface area contributed by atoms with E-state index in [1.165, 1.54) is 18.4 Å². The van der Waals surface area contributed by atoms with E-state index in [1.807, 2.05) is 12.1 Å². The maximum atomic E-state index is 13.2. The lowest BCUT2D eigenvalue weighted by molar-refractivity contribution is -0.127. The van der Waals surface area contributed by atoms with Crippen LogP contribution in [0, 0.1) is 11.3 Å². The van der Waals surface area contributed by atoms with E-state index in [0.717, 1.165) is 58.3 Å². The number of amides is 3. The minimum absolute atomic E-state index is 0.153. The Bertz CT molecular complexity index is 1710. The number of nitriles is 1. The number of nitrogens with zero attached hydrogens (tertiary/aromatic N) is 2. The lowest BCUT2D eigenvalue weighted by Crippen LogP contribution is -2.36. The highest BCUT2D eigenvalue weighted by atomic mass is 32.2. The molecule has 0 atom stereocenters. The highest BCUT2D eigenvalue weighted by molar-refractivity contribution is 8.18. The van der Waals surface area contributed by atoms with Gasteiger partial charge in [-0.15, -0.1) is 11.3 Å². The molecule has 2 heterocycles. The molecule has 0 radical (unpaired) electrons. The number of esters is 1. The number of hydrogen-bond acceptors (Lipinski definition) is 10. The largest absolute Gasteiger partial charge is 0.493 e. The number of ether oxygens (including phenoxy) is 3. The summed E-state index contributed by atoms with van der Waals surface area (Å²) in [4.78, 5) is 53.7. The van der Waals surface area contributed by atoms with Gasteiger partial charge < -0.3 is 19.5 Å². The van der Waals surface area contributed by atoms with E-state index >= 15 is 0 Å². The molecule has 10 nitrogen and oxygen atoms in total. The van der Waals surface area contributed by atoms with E-state index in [2.05, 4.69) is 11.4 Å². The normalized spacial score (nSPS) is 15.1. The third-order valence-corrected chi connectivity index (χ3v) is 9.20. The van der Waals surface area contributed by atoms with Crippen LogP contribution >= 0.6 is 23.1 Å². The predicted octanol–water partition coefficient (Wildman–Crippen LogP) is 5.94. The van der Waals surface area contributed by atoms with Gasteiger partial charge in [-0.2, -0.15) is 5.26 Å². The topological polar surface area (TPSA) is 135 Å². The number of carbonyl (C=O) groups excluding carboxylic acids is 4. The highest BCUT2D eigenvalue weighted by Crippen LogP contribution is 2.39. The molecule has 1 fully saturated rings. The summed E-state index contributed by atoms with van der Waals surface area (Å²) in [5, 5.41) is 11.9. The standard InChI is InChI=1S/C32H29N3O7S2/c1-3-41-31(38)28-22-10-6-7-11-25(22)43-29(28)34-27(36)17-35-30(37)26(44-32(35)39)15-19-12-13-23(24(14-19)40-2)42-18-21-9-5-4-8-20(21)16-33/h4-5,8-9,12-15H,3,6-7,10-11,17-18H2,1-2H3,(H,34,36). The van der Waals surface area contributed by atoms with Crippen LogP contribution in [0.25, 0.3) is 6.08 Å². The molecule has 1 aliphatic carbocycles. The molecule has 226 valence electrons. The SMILES string of the molecule is CCOC(=O)c1c(NC(=O)CN2C(=O)SC(=Cc3ccc(OCc4ccccc4C#N)c(OC)c3)C2=O)sc2c1CCCC2. The van der Waals surface area contributed by atoms with E-state index in [0.29, 0.717) is 33.2 Å². The van der Waals surface area contributed by atoms with Gasteiger partial charge in [-0.1, -0.05) is 24.3 Å². The first-order valence-corrected chi connectivity index (χ1v) is 15.6. The Hall–Kier alpha value is -4.60. The number of rotatable bonds is 10. The molecule has 1 aromatic heterocycles. The quantitative estimate of drug-likeness (QED) is 0.213. The van der Waals surface area contributed by atoms with Gasteiger partial charge in [-0.05, 0) is 79.8 Å². The molecule has 0 saturated carbocycles. The van der Waals surface area contributed by atoms with Gasteiger partial charge in [0.15, 0.2) is 11.5 Å². The molecule has 2 aromatic carbocycles. The Balaban J connectivity index is 1.27. The molecule has 12 heteroatoms. The van der Waals surface area contributed by atoms with Crippen LogP contribution in [0.1, 0.15) is 57.3 Å². The Morgan fingerprint density at radius 2 is 1.91 bits per heavy atom. The van der Waals surface area contributed by atoms with Crippen LogP contribution in [-0.2, 0) is 33.8 Å². The molecule has 0 unspecified atom stereocenters. The number of benzene rings is 2. The fraction of sp³-hybridized carbons (Fsp3) is 0.281. The van der Waals surface area contributed by atoms with Crippen LogP contribution < -0.4 is 14.8 Å². The van der Waals surface area contributed by atoms with E-state index < -0.39 is 29.6 Å². The van der Waals surface area contributed by atoms with Gasteiger partial charge >= 0.3 is 5.97 Å².